The van der Waals surface area contributed by atoms with Crippen LogP contribution >= 0.6 is 0 Å². The molecule has 0 saturated carbocycles. The van der Waals surface area contributed by atoms with Crippen LogP contribution in [0.2, 0.25) is 0 Å². The van der Waals surface area contributed by atoms with Gasteiger partial charge in [0.25, 0.3) is 0 Å². The molecule has 0 bridgehead atoms. The fourth-order valence-corrected chi connectivity index (χ4v) is 5.61. The van der Waals surface area contributed by atoms with E-state index in [9.17, 15) is 0 Å². The lowest BCUT2D eigenvalue weighted by Crippen LogP contribution is -2.00. The molecule has 7 rings (SSSR count). The molecule has 38 heavy (non-hydrogen) atoms. The van der Waals surface area contributed by atoms with Gasteiger partial charge in [-0.05, 0) is 83.6 Å². The second kappa shape index (κ2) is 8.89. The van der Waals surface area contributed by atoms with Crippen LogP contribution in [-0.4, -0.2) is 9.55 Å². The van der Waals surface area contributed by atoms with E-state index < -0.39 is 0 Å². The summed E-state index contributed by atoms with van der Waals surface area (Å²) in [4.78, 5) is 5.11. The van der Waals surface area contributed by atoms with Crippen molar-refractivity contribution in [3.8, 4) is 39.3 Å². The summed E-state index contributed by atoms with van der Waals surface area (Å²) in [6.45, 7) is 4.38. The summed E-state index contributed by atoms with van der Waals surface area (Å²) in [5.74, 6) is 0.878. The summed E-state index contributed by atoms with van der Waals surface area (Å²) in [6, 6.07) is 40.3. The van der Waals surface area contributed by atoms with Crippen LogP contribution in [0.25, 0.3) is 61.3 Å². The first-order valence-corrected chi connectivity index (χ1v) is 12.9. The highest BCUT2D eigenvalue weighted by molar-refractivity contribution is 5.97. The van der Waals surface area contributed by atoms with Gasteiger partial charge in [0.1, 0.15) is 17.7 Å². The van der Waals surface area contributed by atoms with Crippen molar-refractivity contribution in [2.75, 3.05) is 0 Å². The Bertz CT molecular complexity index is 1900. The van der Waals surface area contributed by atoms with E-state index in [0.29, 0.717) is 0 Å². The Morgan fingerprint density at radius 3 is 2.03 bits per heavy atom. The zero-order valence-electron chi connectivity index (χ0n) is 21.3. The summed E-state index contributed by atoms with van der Waals surface area (Å²) in [7, 11) is 0. The van der Waals surface area contributed by atoms with Crippen molar-refractivity contribution in [2.45, 2.75) is 13.8 Å². The Morgan fingerprint density at radius 2 is 1.29 bits per heavy atom. The number of aryl methyl sites for hydroxylation is 2. The van der Waals surface area contributed by atoms with Gasteiger partial charge < -0.3 is 4.42 Å². The molecule has 0 saturated heterocycles. The number of fused-ring (bicyclic) bond motifs is 2. The predicted molar refractivity (Wildman–Crippen MR) is 157 cm³/mol. The number of nitrogens with zero attached hydrogens (tertiary/aromatic N) is 2. The third-order valence-corrected chi connectivity index (χ3v) is 7.32. The third kappa shape index (κ3) is 3.63. The van der Waals surface area contributed by atoms with Crippen molar-refractivity contribution in [3.05, 3.63) is 133 Å². The minimum Gasteiger partial charge on any atom is -0.464 e. The Morgan fingerprint density at radius 1 is 0.632 bits per heavy atom. The molecule has 0 amide bonds. The average Bonchev–Trinajstić information content (AvgIpc) is 3.55. The van der Waals surface area contributed by atoms with Crippen LogP contribution in [-0.2, 0) is 0 Å². The number of hydrogen-bond donors (Lipinski definition) is 0. The third-order valence-electron chi connectivity index (χ3n) is 7.32. The largest absolute Gasteiger partial charge is 0.464 e. The molecule has 0 aliphatic heterocycles. The highest BCUT2D eigenvalue weighted by Gasteiger charge is 2.20. The number of hydrogen-bond acceptors (Lipinski definition) is 2. The van der Waals surface area contributed by atoms with E-state index in [0.717, 1.165) is 44.6 Å². The zero-order chi connectivity index (χ0) is 25.6. The van der Waals surface area contributed by atoms with E-state index in [1.165, 1.54) is 27.8 Å². The number of para-hydroxylation sites is 2. The monoisotopic (exact) mass is 490 g/mol. The quantitative estimate of drug-likeness (QED) is 0.246. The van der Waals surface area contributed by atoms with Gasteiger partial charge in [0.15, 0.2) is 0 Å². The molecule has 0 radical (unpaired) electrons. The molecule has 0 atom stereocenters. The molecule has 0 fully saturated rings. The van der Waals surface area contributed by atoms with E-state index in [2.05, 4.69) is 122 Å². The molecule has 7 aromatic rings. The van der Waals surface area contributed by atoms with Crippen LogP contribution in [0.4, 0.5) is 0 Å². The molecular weight excluding hydrogens is 464 g/mol. The van der Waals surface area contributed by atoms with Crippen LogP contribution in [0.15, 0.2) is 126 Å². The highest BCUT2D eigenvalue weighted by Crippen LogP contribution is 2.38. The topological polar surface area (TPSA) is 31.0 Å². The van der Waals surface area contributed by atoms with Crippen LogP contribution in [0.3, 0.4) is 0 Å². The second-order valence-corrected chi connectivity index (χ2v) is 9.81. The van der Waals surface area contributed by atoms with E-state index in [-0.39, 0.29) is 0 Å². The van der Waals surface area contributed by atoms with Gasteiger partial charge in [0.2, 0.25) is 0 Å². The van der Waals surface area contributed by atoms with Gasteiger partial charge in [-0.2, -0.15) is 0 Å². The van der Waals surface area contributed by atoms with Crippen LogP contribution in [0, 0.1) is 13.8 Å². The standard InChI is InChI=1S/C35H26N2O/c1-23-19-28(20-24(2)34(23)26-13-7-4-8-14-26)37-32-16-10-9-15-31(32)36-35(37)30-22-38-33-21-27(17-18-29(30)33)25-11-5-3-6-12-25/h3-22H,1-2H3. The second-order valence-electron chi connectivity index (χ2n) is 9.81. The molecule has 5 aromatic carbocycles. The molecule has 0 N–H and O–H groups in total. The Hall–Kier alpha value is -4.89. The van der Waals surface area contributed by atoms with Crippen molar-refractivity contribution in [2.24, 2.45) is 0 Å². The predicted octanol–water partition coefficient (Wildman–Crippen LogP) is 9.39. The van der Waals surface area contributed by atoms with E-state index in [1.807, 2.05) is 18.4 Å². The molecule has 0 aliphatic rings. The Balaban J connectivity index is 1.42. The maximum atomic E-state index is 6.12. The van der Waals surface area contributed by atoms with Crippen molar-refractivity contribution in [3.63, 3.8) is 0 Å². The minimum atomic E-state index is 0.853. The lowest BCUT2D eigenvalue weighted by Gasteiger charge is -2.16. The summed E-state index contributed by atoms with van der Waals surface area (Å²) in [5.41, 5.74) is 12.3. The number of imidazole rings is 1. The molecule has 0 spiro atoms. The summed E-state index contributed by atoms with van der Waals surface area (Å²) in [6.07, 6.45) is 1.84. The number of benzene rings is 5. The summed E-state index contributed by atoms with van der Waals surface area (Å²) < 4.78 is 8.39. The van der Waals surface area contributed by atoms with Gasteiger partial charge in [0, 0.05) is 11.1 Å². The molecule has 182 valence electrons. The Kier molecular flexibility index (Phi) is 5.22. The smallest absolute Gasteiger partial charge is 0.149 e. The molecule has 2 aromatic heterocycles. The van der Waals surface area contributed by atoms with Gasteiger partial charge in [-0.25, -0.2) is 4.98 Å². The Labute approximate surface area is 221 Å². The van der Waals surface area contributed by atoms with Gasteiger partial charge in [0.05, 0.1) is 16.6 Å². The zero-order valence-corrected chi connectivity index (χ0v) is 21.3. The van der Waals surface area contributed by atoms with E-state index in [1.54, 1.807) is 0 Å². The first-order chi connectivity index (χ1) is 18.7. The molecule has 3 heteroatoms. The first kappa shape index (κ1) is 22.3. The van der Waals surface area contributed by atoms with Gasteiger partial charge in [-0.3, -0.25) is 4.57 Å². The fourth-order valence-electron chi connectivity index (χ4n) is 5.61. The molecule has 0 aliphatic carbocycles. The lowest BCUT2D eigenvalue weighted by atomic mass is 9.95. The highest BCUT2D eigenvalue weighted by atomic mass is 16.3. The molecule has 3 nitrogen and oxygen atoms in total. The lowest BCUT2D eigenvalue weighted by molar-refractivity contribution is 0.616. The van der Waals surface area contributed by atoms with Crippen LogP contribution in [0.5, 0.6) is 0 Å². The molecule has 2 heterocycles. The van der Waals surface area contributed by atoms with Gasteiger partial charge in [-0.15, -0.1) is 0 Å². The summed E-state index contributed by atoms with van der Waals surface area (Å²) in [5, 5.41) is 1.05. The van der Waals surface area contributed by atoms with Crippen molar-refractivity contribution in [1.29, 1.82) is 0 Å². The fraction of sp³-hybridized carbons (Fsp3) is 0.0571. The minimum absolute atomic E-state index is 0.853. The number of furan rings is 1. The normalized spacial score (nSPS) is 11.4. The van der Waals surface area contributed by atoms with E-state index >= 15 is 0 Å². The maximum absolute atomic E-state index is 6.12. The van der Waals surface area contributed by atoms with Crippen molar-refractivity contribution in [1.82, 2.24) is 9.55 Å². The maximum Gasteiger partial charge on any atom is 0.149 e. The average molecular weight is 491 g/mol. The van der Waals surface area contributed by atoms with Crippen molar-refractivity contribution < 1.29 is 4.42 Å². The van der Waals surface area contributed by atoms with Gasteiger partial charge >= 0.3 is 0 Å². The number of rotatable bonds is 4. The van der Waals surface area contributed by atoms with Gasteiger partial charge in [-0.1, -0.05) is 78.9 Å². The SMILES string of the molecule is Cc1cc(-n2c(-c3coc4cc(-c5ccccc5)ccc34)nc3ccccc32)cc(C)c1-c1ccccc1. The molecule has 0 unspecified atom stereocenters. The van der Waals surface area contributed by atoms with Crippen LogP contribution < -0.4 is 0 Å². The van der Waals surface area contributed by atoms with Crippen LogP contribution in [0.1, 0.15) is 11.1 Å². The number of aromatic nitrogens is 2. The van der Waals surface area contributed by atoms with E-state index in [4.69, 9.17) is 9.40 Å². The van der Waals surface area contributed by atoms with Crippen molar-refractivity contribution >= 4 is 22.0 Å². The first-order valence-electron chi connectivity index (χ1n) is 12.9. The molecular formula is C35H26N2O. The summed E-state index contributed by atoms with van der Waals surface area (Å²) >= 11 is 0.